The number of terminal acetylenes is 1. The van der Waals surface area contributed by atoms with Gasteiger partial charge >= 0.3 is 11.9 Å². The number of nitrogens with one attached hydrogen (secondary N) is 1. The van der Waals surface area contributed by atoms with Gasteiger partial charge in [-0.3, -0.25) is 4.79 Å². The highest BCUT2D eigenvalue weighted by molar-refractivity contribution is 5.89. The molecule has 1 aromatic carbocycles. The number of rotatable bonds is 15. The Hall–Kier alpha value is -3.21. The van der Waals surface area contributed by atoms with E-state index in [1.165, 1.54) is 19.1 Å². The zero-order valence-corrected chi connectivity index (χ0v) is 31.8. The van der Waals surface area contributed by atoms with E-state index in [4.69, 9.17) is 34.8 Å². The third-order valence-corrected chi connectivity index (χ3v) is 11.4. The van der Waals surface area contributed by atoms with Gasteiger partial charge in [0, 0.05) is 18.9 Å². The molecule has 0 aromatic heterocycles. The lowest BCUT2D eigenvalue weighted by molar-refractivity contribution is -0.349. The number of esters is 1. The zero-order valence-electron chi connectivity index (χ0n) is 31.8. The van der Waals surface area contributed by atoms with Gasteiger partial charge in [-0.1, -0.05) is 57.2 Å². The molecule has 56 heavy (non-hydrogen) atoms. The molecule has 15 atom stereocenters. The molecular weight excluding hydrogens is 734 g/mol. The van der Waals surface area contributed by atoms with Gasteiger partial charge in [-0.25, -0.2) is 9.59 Å². The van der Waals surface area contributed by atoms with Crippen molar-refractivity contribution in [1.29, 1.82) is 0 Å². The highest BCUT2D eigenvalue weighted by Gasteiger charge is 2.53. The summed E-state index contributed by atoms with van der Waals surface area (Å²) in [6.45, 7) is 2.78. The van der Waals surface area contributed by atoms with E-state index < -0.39 is 110 Å². The van der Waals surface area contributed by atoms with E-state index in [9.17, 15) is 45.0 Å². The number of hydrogen-bond acceptors (Lipinski definition) is 14. The number of aliphatic carboxylic acids is 1. The quantitative estimate of drug-likeness (QED) is 0.0742. The lowest BCUT2D eigenvalue weighted by Gasteiger charge is -2.48. The van der Waals surface area contributed by atoms with Crippen LogP contribution >= 0.6 is 0 Å². The Morgan fingerprint density at radius 1 is 0.893 bits per heavy atom. The van der Waals surface area contributed by atoms with E-state index in [-0.39, 0.29) is 36.8 Å². The van der Waals surface area contributed by atoms with Crippen molar-refractivity contribution in [3.8, 4) is 12.3 Å². The second-order valence-electron chi connectivity index (χ2n) is 15.5. The monoisotopic (exact) mass is 791 g/mol. The van der Waals surface area contributed by atoms with Crippen molar-refractivity contribution in [2.45, 2.75) is 151 Å². The molecule has 4 aliphatic rings. The summed E-state index contributed by atoms with van der Waals surface area (Å²) in [6, 6.07) is 7.96. The molecule has 4 fully saturated rings. The first-order valence-electron chi connectivity index (χ1n) is 19.6. The summed E-state index contributed by atoms with van der Waals surface area (Å²) in [5, 5.41) is 66.7. The minimum Gasteiger partial charge on any atom is -0.479 e. The lowest BCUT2D eigenvalue weighted by atomic mass is 9.77. The third kappa shape index (κ3) is 10.8. The molecule has 0 bridgehead atoms. The average Bonchev–Trinajstić information content (AvgIpc) is 3.19. The van der Waals surface area contributed by atoms with Gasteiger partial charge < -0.3 is 64.4 Å². The number of benzene rings is 1. The number of amides is 1. The molecule has 2 aliphatic carbocycles. The van der Waals surface area contributed by atoms with Crippen LogP contribution in [0, 0.1) is 30.1 Å². The molecule has 16 nitrogen and oxygen atoms in total. The van der Waals surface area contributed by atoms with Crippen molar-refractivity contribution in [2.24, 2.45) is 17.8 Å². The van der Waals surface area contributed by atoms with E-state index in [0.717, 1.165) is 32.1 Å². The van der Waals surface area contributed by atoms with Crippen molar-refractivity contribution >= 4 is 17.8 Å². The summed E-state index contributed by atoms with van der Waals surface area (Å²) in [7, 11) is 0. The topological polar surface area (TPSA) is 240 Å². The van der Waals surface area contributed by atoms with Crippen LogP contribution in [0.2, 0.25) is 0 Å². The maximum Gasteiger partial charge on any atom is 0.338 e. The molecule has 0 radical (unpaired) electrons. The molecule has 7 N–H and O–H groups in total. The predicted molar refractivity (Wildman–Crippen MR) is 195 cm³/mol. The normalized spacial score (nSPS) is 37.2. The van der Waals surface area contributed by atoms with Crippen LogP contribution in [0.25, 0.3) is 0 Å². The molecule has 0 unspecified atom stereocenters. The van der Waals surface area contributed by atoms with Gasteiger partial charge in [-0.15, -0.1) is 12.3 Å². The van der Waals surface area contributed by atoms with Crippen LogP contribution in [0.5, 0.6) is 0 Å². The molecule has 0 spiro atoms. The fraction of sp³-hybridized carbons (Fsp3) is 0.725. The van der Waals surface area contributed by atoms with E-state index in [1.54, 1.807) is 25.1 Å². The van der Waals surface area contributed by atoms with Crippen molar-refractivity contribution in [1.82, 2.24) is 5.32 Å². The van der Waals surface area contributed by atoms with Crippen molar-refractivity contribution in [3.05, 3.63) is 35.9 Å². The minimum atomic E-state index is -1.67. The van der Waals surface area contributed by atoms with Crippen LogP contribution in [-0.4, -0.2) is 141 Å². The minimum absolute atomic E-state index is 0.00302. The van der Waals surface area contributed by atoms with Gasteiger partial charge in [0.05, 0.1) is 30.5 Å². The molecule has 2 aliphatic heterocycles. The molecular formula is C40H57NO15. The maximum absolute atomic E-state index is 13.6. The van der Waals surface area contributed by atoms with Crippen molar-refractivity contribution < 1.29 is 73.4 Å². The van der Waals surface area contributed by atoms with Crippen LogP contribution in [0.3, 0.4) is 0 Å². The van der Waals surface area contributed by atoms with Gasteiger partial charge in [-0.2, -0.15) is 0 Å². The Labute approximate surface area is 326 Å². The Balaban J connectivity index is 1.49. The Morgan fingerprint density at radius 3 is 2.27 bits per heavy atom. The number of ether oxygens (including phenoxy) is 6. The van der Waals surface area contributed by atoms with E-state index in [1.807, 2.05) is 0 Å². The maximum atomic E-state index is 13.6. The second-order valence-corrected chi connectivity index (χ2v) is 15.5. The van der Waals surface area contributed by atoms with Gasteiger partial charge in [0.2, 0.25) is 5.91 Å². The number of carboxylic acids is 1. The lowest BCUT2D eigenvalue weighted by Crippen LogP contribution is -2.64. The number of carboxylic acid groups (broad SMARTS) is 1. The van der Waals surface area contributed by atoms with Crippen LogP contribution < -0.4 is 5.32 Å². The Kier molecular flexibility index (Phi) is 16.0. The Bertz CT molecular complexity index is 1470. The average molecular weight is 792 g/mol. The van der Waals surface area contributed by atoms with Gasteiger partial charge in [-0.05, 0) is 50.2 Å². The molecule has 312 valence electrons. The highest BCUT2D eigenvalue weighted by atomic mass is 16.7. The predicted octanol–water partition coefficient (Wildman–Crippen LogP) is 0.882. The molecule has 2 heterocycles. The van der Waals surface area contributed by atoms with Gasteiger partial charge in [0.25, 0.3) is 0 Å². The number of aliphatic hydroxyl groups is 5. The fourth-order valence-electron chi connectivity index (χ4n) is 8.21. The van der Waals surface area contributed by atoms with E-state index >= 15 is 0 Å². The first-order chi connectivity index (χ1) is 26.8. The summed E-state index contributed by atoms with van der Waals surface area (Å²) >= 11 is 0. The number of hydrogen-bond donors (Lipinski definition) is 7. The van der Waals surface area contributed by atoms with Crippen molar-refractivity contribution in [3.63, 3.8) is 0 Å². The molecule has 16 heteroatoms. The zero-order chi connectivity index (χ0) is 40.5. The van der Waals surface area contributed by atoms with Gasteiger partial charge in [0.15, 0.2) is 24.8 Å². The first kappa shape index (κ1) is 43.9. The molecule has 2 saturated carbocycles. The fourth-order valence-corrected chi connectivity index (χ4v) is 8.21. The summed E-state index contributed by atoms with van der Waals surface area (Å²) in [4.78, 5) is 39.7. The molecule has 5 rings (SSSR count). The number of carbonyl (C=O) groups is 3. The van der Waals surface area contributed by atoms with E-state index in [0.29, 0.717) is 12.8 Å². The van der Waals surface area contributed by atoms with Crippen LogP contribution in [0.1, 0.15) is 82.0 Å². The van der Waals surface area contributed by atoms with Crippen LogP contribution in [-0.2, 0) is 38.0 Å². The second kappa shape index (κ2) is 20.5. The Morgan fingerprint density at radius 2 is 1.61 bits per heavy atom. The SMILES string of the molecule is C#CCCNC(=O)[C@@H]1C[C@H](C)[C@@H](O[C@@H]2O[C@@H](C)[C@@H](O)[C@@H](O)[C@@H]2O)[C@H](O[C@@H]2O[C@H](CO)[C@H](O)[C@H](O[C@@H](CC3CCCCC3)C(=O)O)[C@H]2OC(=O)c2ccccc2)C1. The largest absolute Gasteiger partial charge is 0.479 e. The summed E-state index contributed by atoms with van der Waals surface area (Å²) in [5.74, 6) is -1.04. The molecule has 2 saturated heterocycles. The third-order valence-electron chi connectivity index (χ3n) is 11.4. The van der Waals surface area contributed by atoms with Crippen LogP contribution in [0.4, 0.5) is 0 Å². The first-order valence-corrected chi connectivity index (χ1v) is 19.6. The summed E-state index contributed by atoms with van der Waals surface area (Å²) in [5.41, 5.74) is 0.135. The summed E-state index contributed by atoms with van der Waals surface area (Å²) in [6.07, 6.45) is -7.63. The number of carbonyl (C=O) groups excluding carboxylic acids is 2. The standard InChI is InChI=1S/C40H57NO15/c1-4-5-16-41-36(47)25-17-21(2)33(56-39-32(46)31(45)29(43)22(3)51-39)26(19-25)53-40-35(55-38(50)24-14-10-7-11-15-24)34(30(44)28(20-42)54-40)52-27(37(48)49)18-23-12-8-6-9-13-23/h1,7,10-11,14-15,21-23,25-35,39-40,42-46H,5-6,8-9,12-13,16-20H2,2-3H3,(H,41,47)(H,48,49)/t21-,22-,25+,26+,27-,28+,29+,30-,31+,32-,33+,34-,35+,39-,40+/m0/s1. The molecule has 1 aromatic rings. The summed E-state index contributed by atoms with van der Waals surface area (Å²) < 4.78 is 36.9. The van der Waals surface area contributed by atoms with E-state index in [2.05, 4.69) is 11.2 Å². The highest BCUT2D eigenvalue weighted by Crippen LogP contribution is 2.39. The van der Waals surface area contributed by atoms with Crippen molar-refractivity contribution in [2.75, 3.05) is 13.2 Å². The van der Waals surface area contributed by atoms with Gasteiger partial charge in [0.1, 0.15) is 36.6 Å². The smallest absolute Gasteiger partial charge is 0.338 e. The number of aliphatic hydroxyl groups excluding tert-OH is 5. The van der Waals surface area contributed by atoms with Crippen LogP contribution in [0.15, 0.2) is 30.3 Å². The molecule has 1 amide bonds.